The van der Waals surface area contributed by atoms with Crippen LogP contribution in [-0.4, -0.2) is 27.8 Å². The number of allylic oxidation sites excluding steroid dienone is 1. The summed E-state index contributed by atoms with van der Waals surface area (Å²) in [6.07, 6.45) is 10.1. The standard InChI is InChI=1S/C24H32O5/c1-3-23-7-6-17-16-5-4-15(25)11-14(16)10-13(2)20(17)21(23)18-12-19(18)24(23,28)8-9-29-22(26)27/h8-9,11,13,16-21,28H,3-7,10,12H2,1-2H3,(H,26,27)/b9-8-/t13-,16+,17-,18-,19+,20-,21+,23+,24+/m1/s1. The lowest BCUT2D eigenvalue weighted by Crippen LogP contribution is -2.57. The SMILES string of the molecule is CC[C@]12CC[C@H]3[C@H]([C@@H]1[C@@H]1C[C@@H]1[C@@]2(O)/C=C\OC(=O)O)[C@H](C)CC1=CC(=O)CC[C@@H]13. The zero-order chi connectivity index (χ0) is 20.6. The van der Waals surface area contributed by atoms with E-state index in [-0.39, 0.29) is 11.3 Å². The number of hydrogen-bond acceptors (Lipinski definition) is 4. The fraction of sp³-hybridized carbons (Fsp3) is 0.750. The maximum atomic E-state index is 12.0. The molecule has 0 saturated heterocycles. The molecule has 4 saturated carbocycles. The van der Waals surface area contributed by atoms with Gasteiger partial charge in [-0.3, -0.25) is 4.79 Å². The highest BCUT2D eigenvalue weighted by molar-refractivity contribution is 5.91. The summed E-state index contributed by atoms with van der Waals surface area (Å²) in [6, 6.07) is 0. The Bertz CT molecular complexity index is 799. The van der Waals surface area contributed by atoms with E-state index in [1.807, 2.05) is 6.08 Å². The molecule has 0 unspecified atom stereocenters. The van der Waals surface area contributed by atoms with Crippen LogP contribution in [0, 0.1) is 46.8 Å². The maximum Gasteiger partial charge on any atom is 0.510 e. The van der Waals surface area contributed by atoms with Gasteiger partial charge in [-0.25, -0.2) is 4.79 Å². The van der Waals surface area contributed by atoms with Crippen LogP contribution in [0.3, 0.4) is 0 Å². The van der Waals surface area contributed by atoms with Crippen molar-refractivity contribution in [3.8, 4) is 0 Å². The summed E-state index contributed by atoms with van der Waals surface area (Å²) in [7, 11) is 0. The highest BCUT2D eigenvalue weighted by Crippen LogP contribution is 2.77. The molecule has 0 radical (unpaired) electrons. The van der Waals surface area contributed by atoms with Crippen molar-refractivity contribution in [2.75, 3.05) is 0 Å². The average Bonchev–Trinajstić information content (AvgIpc) is 3.43. The Hall–Kier alpha value is -1.62. The minimum atomic E-state index is -1.34. The molecule has 5 rings (SSSR count). The number of carbonyl (C=O) groups excluding carboxylic acids is 1. The lowest BCUT2D eigenvalue weighted by atomic mass is 9.46. The van der Waals surface area contributed by atoms with Crippen LogP contribution in [0.1, 0.15) is 58.8 Å². The Balaban J connectivity index is 1.51. The first-order valence-corrected chi connectivity index (χ1v) is 11.4. The molecule has 0 heterocycles. The fourth-order valence-electron chi connectivity index (χ4n) is 8.57. The van der Waals surface area contributed by atoms with Crippen molar-refractivity contribution in [1.29, 1.82) is 0 Å². The molecule has 5 aliphatic rings. The van der Waals surface area contributed by atoms with Crippen LogP contribution in [0.2, 0.25) is 0 Å². The van der Waals surface area contributed by atoms with Crippen LogP contribution in [0.4, 0.5) is 4.79 Å². The Morgan fingerprint density at radius 2 is 2.14 bits per heavy atom. The van der Waals surface area contributed by atoms with Crippen LogP contribution >= 0.6 is 0 Å². The minimum Gasteiger partial charge on any atom is -0.449 e. The normalized spacial score (nSPS) is 50.2. The summed E-state index contributed by atoms with van der Waals surface area (Å²) in [4.78, 5) is 22.8. The van der Waals surface area contributed by atoms with Gasteiger partial charge in [-0.1, -0.05) is 19.4 Å². The molecule has 5 heteroatoms. The molecule has 0 aliphatic heterocycles. The lowest BCUT2D eigenvalue weighted by molar-refractivity contribution is -0.137. The Morgan fingerprint density at radius 3 is 2.86 bits per heavy atom. The second-order valence-corrected chi connectivity index (χ2v) is 10.3. The second-order valence-electron chi connectivity index (χ2n) is 10.3. The van der Waals surface area contributed by atoms with Gasteiger partial charge in [0.25, 0.3) is 0 Å². The molecule has 0 bridgehead atoms. The summed E-state index contributed by atoms with van der Waals surface area (Å²) in [5.41, 5.74) is 0.213. The molecule has 29 heavy (non-hydrogen) atoms. The van der Waals surface area contributed by atoms with Gasteiger partial charge >= 0.3 is 6.16 Å². The molecule has 0 aromatic carbocycles. The Morgan fingerprint density at radius 1 is 1.34 bits per heavy atom. The van der Waals surface area contributed by atoms with Crippen LogP contribution in [0.5, 0.6) is 0 Å². The van der Waals surface area contributed by atoms with Gasteiger partial charge < -0.3 is 14.9 Å². The zero-order valence-electron chi connectivity index (χ0n) is 17.3. The van der Waals surface area contributed by atoms with Crippen LogP contribution in [-0.2, 0) is 9.53 Å². The predicted molar refractivity (Wildman–Crippen MR) is 107 cm³/mol. The number of fused-ring (bicyclic) bond motifs is 7. The van der Waals surface area contributed by atoms with E-state index < -0.39 is 11.8 Å². The molecule has 4 fully saturated rings. The van der Waals surface area contributed by atoms with Crippen LogP contribution in [0.25, 0.3) is 0 Å². The van der Waals surface area contributed by atoms with Gasteiger partial charge in [0, 0.05) is 11.8 Å². The summed E-state index contributed by atoms with van der Waals surface area (Å²) in [5.74, 6) is 3.78. The van der Waals surface area contributed by atoms with Gasteiger partial charge in [0.15, 0.2) is 5.78 Å². The monoisotopic (exact) mass is 400 g/mol. The van der Waals surface area contributed by atoms with E-state index in [0.717, 1.165) is 38.5 Å². The van der Waals surface area contributed by atoms with Gasteiger partial charge in [-0.15, -0.1) is 0 Å². The molecule has 5 nitrogen and oxygen atoms in total. The van der Waals surface area contributed by atoms with Gasteiger partial charge in [-0.2, -0.15) is 0 Å². The van der Waals surface area contributed by atoms with Crippen molar-refractivity contribution in [2.45, 2.75) is 64.4 Å². The van der Waals surface area contributed by atoms with Crippen molar-refractivity contribution in [2.24, 2.45) is 46.8 Å². The molecular weight excluding hydrogens is 368 g/mol. The van der Waals surface area contributed by atoms with Gasteiger partial charge in [-0.05, 0) is 92.1 Å². The number of aliphatic hydroxyl groups is 1. The van der Waals surface area contributed by atoms with E-state index in [4.69, 9.17) is 5.11 Å². The molecule has 158 valence electrons. The third-order valence-electron chi connectivity index (χ3n) is 9.51. The van der Waals surface area contributed by atoms with Crippen molar-refractivity contribution < 1.29 is 24.5 Å². The van der Waals surface area contributed by atoms with Gasteiger partial charge in [0.05, 0.1) is 11.9 Å². The zero-order valence-corrected chi connectivity index (χ0v) is 17.3. The summed E-state index contributed by atoms with van der Waals surface area (Å²) < 4.78 is 4.65. The lowest BCUT2D eigenvalue weighted by Gasteiger charge is -2.59. The van der Waals surface area contributed by atoms with Crippen LogP contribution in [0.15, 0.2) is 24.0 Å². The summed E-state index contributed by atoms with van der Waals surface area (Å²) in [6.45, 7) is 4.53. The number of ketones is 1. The van der Waals surface area contributed by atoms with E-state index in [9.17, 15) is 14.7 Å². The topological polar surface area (TPSA) is 83.8 Å². The second kappa shape index (κ2) is 6.44. The first kappa shape index (κ1) is 19.3. The number of hydrogen-bond donors (Lipinski definition) is 2. The molecule has 9 atom stereocenters. The third-order valence-corrected chi connectivity index (χ3v) is 9.51. The molecular formula is C24H32O5. The minimum absolute atomic E-state index is 0.194. The molecule has 5 aliphatic carbocycles. The number of ether oxygens (including phenoxy) is 1. The summed E-state index contributed by atoms with van der Waals surface area (Å²) >= 11 is 0. The fourth-order valence-corrected chi connectivity index (χ4v) is 8.57. The van der Waals surface area contributed by atoms with Gasteiger partial charge in [0.2, 0.25) is 0 Å². The number of carboxylic acid groups (broad SMARTS) is 1. The molecule has 0 aromatic rings. The molecule has 2 N–H and O–H groups in total. The van der Waals surface area contributed by atoms with E-state index in [2.05, 4.69) is 18.6 Å². The number of carbonyl (C=O) groups is 2. The van der Waals surface area contributed by atoms with E-state index >= 15 is 0 Å². The predicted octanol–water partition coefficient (Wildman–Crippen LogP) is 4.56. The summed E-state index contributed by atoms with van der Waals surface area (Å²) in [5, 5.41) is 20.7. The largest absolute Gasteiger partial charge is 0.510 e. The van der Waals surface area contributed by atoms with Gasteiger partial charge in [0.1, 0.15) is 0 Å². The molecule has 0 amide bonds. The highest BCUT2D eigenvalue weighted by atomic mass is 16.7. The average molecular weight is 401 g/mol. The third kappa shape index (κ3) is 2.55. The van der Waals surface area contributed by atoms with Crippen molar-refractivity contribution in [1.82, 2.24) is 0 Å². The van der Waals surface area contributed by atoms with E-state index in [0.29, 0.717) is 47.7 Å². The first-order valence-electron chi connectivity index (χ1n) is 11.4. The molecule has 0 spiro atoms. The number of rotatable bonds is 3. The smallest absolute Gasteiger partial charge is 0.449 e. The van der Waals surface area contributed by atoms with Crippen LogP contribution < -0.4 is 0 Å². The Kier molecular flexibility index (Phi) is 4.29. The quantitative estimate of drug-likeness (QED) is 0.536. The maximum absolute atomic E-state index is 12.0. The first-order chi connectivity index (χ1) is 13.8. The highest BCUT2D eigenvalue weighted by Gasteiger charge is 2.76. The van der Waals surface area contributed by atoms with Crippen molar-refractivity contribution in [3.63, 3.8) is 0 Å². The van der Waals surface area contributed by atoms with Crippen molar-refractivity contribution >= 4 is 11.9 Å². The van der Waals surface area contributed by atoms with E-state index in [1.54, 1.807) is 6.08 Å². The van der Waals surface area contributed by atoms with E-state index in [1.165, 1.54) is 11.8 Å². The molecule has 0 aromatic heterocycles. The van der Waals surface area contributed by atoms with Crippen molar-refractivity contribution in [3.05, 3.63) is 24.0 Å². The Labute approximate surface area is 172 Å².